The SMILES string of the molecule is C1=CC2=C(c3ccccn3)c3cc(-c4ccccc4)ccc3C(c3nc(-c4ccccc4)nc(-c4cc5c6ccccc6ccc5c5ccccc45)n3)C2C=C1. The van der Waals surface area contributed by atoms with Gasteiger partial charge in [-0.25, -0.2) is 15.0 Å². The second-order valence-corrected chi connectivity index (χ2v) is 14.5. The zero-order valence-electron chi connectivity index (χ0n) is 30.4. The zero-order valence-corrected chi connectivity index (χ0v) is 30.4. The van der Waals surface area contributed by atoms with Gasteiger partial charge in [0.15, 0.2) is 11.6 Å². The number of fused-ring (bicyclic) bond motifs is 7. The lowest BCUT2D eigenvalue weighted by Gasteiger charge is -2.35. The summed E-state index contributed by atoms with van der Waals surface area (Å²) in [6.07, 6.45) is 10.7. The lowest BCUT2D eigenvalue weighted by atomic mass is 9.68. The molecule has 9 aromatic rings. The van der Waals surface area contributed by atoms with Crippen LogP contribution in [-0.4, -0.2) is 19.9 Å². The van der Waals surface area contributed by atoms with E-state index < -0.39 is 0 Å². The molecule has 0 radical (unpaired) electrons. The molecule has 7 aromatic carbocycles. The predicted octanol–water partition coefficient (Wildman–Crippen LogP) is 12.4. The number of hydrogen-bond donors (Lipinski definition) is 0. The quantitative estimate of drug-likeness (QED) is 0.167. The average molecular weight is 715 g/mol. The van der Waals surface area contributed by atoms with Crippen molar-refractivity contribution in [1.82, 2.24) is 19.9 Å². The van der Waals surface area contributed by atoms with Crippen molar-refractivity contribution >= 4 is 37.9 Å². The van der Waals surface area contributed by atoms with Gasteiger partial charge < -0.3 is 0 Å². The van der Waals surface area contributed by atoms with E-state index >= 15 is 0 Å². The molecule has 0 saturated heterocycles. The molecule has 2 unspecified atom stereocenters. The fourth-order valence-electron chi connectivity index (χ4n) is 8.81. The van der Waals surface area contributed by atoms with Gasteiger partial charge in [0.25, 0.3) is 0 Å². The smallest absolute Gasteiger partial charge is 0.164 e. The highest BCUT2D eigenvalue weighted by atomic mass is 15.0. The minimum Gasteiger partial charge on any atom is -0.256 e. The fraction of sp³-hybridized carbons (Fsp3) is 0.0385. The van der Waals surface area contributed by atoms with Crippen LogP contribution in [0.15, 0.2) is 200 Å². The van der Waals surface area contributed by atoms with Crippen molar-refractivity contribution in [2.24, 2.45) is 5.92 Å². The molecule has 2 heterocycles. The molecule has 0 N–H and O–H groups in total. The summed E-state index contributed by atoms with van der Waals surface area (Å²) in [5, 5.41) is 7.10. The summed E-state index contributed by atoms with van der Waals surface area (Å²) < 4.78 is 0. The molecule has 2 aliphatic carbocycles. The van der Waals surface area contributed by atoms with E-state index in [9.17, 15) is 0 Å². The normalized spacial score (nSPS) is 16.0. The Morgan fingerprint density at radius 2 is 1.16 bits per heavy atom. The lowest BCUT2D eigenvalue weighted by molar-refractivity contribution is 0.610. The highest BCUT2D eigenvalue weighted by molar-refractivity contribution is 6.20. The maximum Gasteiger partial charge on any atom is 0.164 e. The summed E-state index contributed by atoms with van der Waals surface area (Å²) in [4.78, 5) is 21.2. The van der Waals surface area contributed by atoms with Gasteiger partial charge in [-0.15, -0.1) is 0 Å². The number of pyridine rings is 1. The van der Waals surface area contributed by atoms with Crippen LogP contribution in [0.4, 0.5) is 0 Å². The Balaban J connectivity index is 1.20. The largest absolute Gasteiger partial charge is 0.256 e. The van der Waals surface area contributed by atoms with E-state index in [1.165, 1.54) is 43.6 Å². The summed E-state index contributed by atoms with van der Waals surface area (Å²) in [7, 11) is 0. The highest BCUT2D eigenvalue weighted by Crippen LogP contribution is 2.50. The second kappa shape index (κ2) is 13.2. The van der Waals surface area contributed by atoms with Crippen LogP contribution in [0.5, 0.6) is 0 Å². The first-order chi connectivity index (χ1) is 27.8. The van der Waals surface area contributed by atoms with Gasteiger partial charge in [0, 0.05) is 28.8 Å². The van der Waals surface area contributed by atoms with Crippen LogP contribution in [0.1, 0.15) is 28.6 Å². The third kappa shape index (κ3) is 5.30. The number of benzene rings is 7. The number of nitrogens with zero attached hydrogens (tertiary/aromatic N) is 4. The number of rotatable bonds is 5. The molecule has 0 saturated carbocycles. The monoisotopic (exact) mass is 714 g/mol. The van der Waals surface area contributed by atoms with Crippen LogP contribution in [-0.2, 0) is 0 Å². The fourth-order valence-corrected chi connectivity index (χ4v) is 8.81. The minimum atomic E-state index is -0.185. The summed E-state index contributed by atoms with van der Waals surface area (Å²) in [6.45, 7) is 0. The van der Waals surface area contributed by atoms with E-state index in [0.717, 1.165) is 44.7 Å². The molecule has 2 aliphatic rings. The molecule has 4 heteroatoms. The average Bonchev–Trinajstić information content (AvgIpc) is 3.28. The van der Waals surface area contributed by atoms with E-state index in [2.05, 4.69) is 164 Å². The van der Waals surface area contributed by atoms with Crippen LogP contribution in [0, 0.1) is 5.92 Å². The number of hydrogen-bond acceptors (Lipinski definition) is 4. The van der Waals surface area contributed by atoms with Gasteiger partial charge in [0.05, 0.1) is 11.6 Å². The third-order valence-corrected chi connectivity index (χ3v) is 11.4. The Kier molecular flexibility index (Phi) is 7.59. The third-order valence-electron chi connectivity index (χ3n) is 11.4. The van der Waals surface area contributed by atoms with E-state index in [4.69, 9.17) is 19.9 Å². The summed E-state index contributed by atoms with van der Waals surface area (Å²) in [5.41, 5.74) is 9.89. The van der Waals surface area contributed by atoms with Crippen molar-refractivity contribution < 1.29 is 0 Å². The first-order valence-corrected chi connectivity index (χ1v) is 19.1. The van der Waals surface area contributed by atoms with Gasteiger partial charge in [-0.1, -0.05) is 164 Å². The Bertz CT molecular complexity index is 3070. The summed E-state index contributed by atoms with van der Waals surface area (Å²) >= 11 is 0. The van der Waals surface area contributed by atoms with Gasteiger partial charge >= 0.3 is 0 Å². The van der Waals surface area contributed by atoms with Gasteiger partial charge in [0.2, 0.25) is 0 Å². The van der Waals surface area contributed by atoms with Gasteiger partial charge in [-0.05, 0) is 84.4 Å². The van der Waals surface area contributed by atoms with Gasteiger partial charge in [-0.3, -0.25) is 4.98 Å². The molecule has 2 aromatic heterocycles. The van der Waals surface area contributed by atoms with E-state index in [1.54, 1.807) is 0 Å². The van der Waals surface area contributed by atoms with Crippen LogP contribution in [0.25, 0.3) is 71.8 Å². The molecule has 56 heavy (non-hydrogen) atoms. The Hall–Kier alpha value is -7.30. The van der Waals surface area contributed by atoms with Crippen LogP contribution in [0.2, 0.25) is 0 Å². The Morgan fingerprint density at radius 1 is 0.446 bits per heavy atom. The zero-order chi connectivity index (χ0) is 37.0. The maximum absolute atomic E-state index is 5.54. The number of allylic oxidation sites excluding steroid dienone is 5. The van der Waals surface area contributed by atoms with Crippen molar-refractivity contribution in [3.63, 3.8) is 0 Å². The molecule has 0 bridgehead atoms. The van der Waals surface area contributed by atoms with E-state index in [-0.39, 0.29) is 11.8 Å². The van der Waals surface area contributed by atoms with Crippen LogP contribution < -0.4 is 0 Å². The molecule has 0 aliphatic heterocycles. The van der Waals surface area contributed by atoms with Gasteiger partial charge in [0.1, 0.15) is 5.82 Å². The topological polar surface area (TPSA) is 51.6 Å². The molecule has 11 rings (SSSR count). The molecule has 262 valence electrons. The van der Waals surface area contributed by atoms with Crippen molar-refractivity contribution in [1.29, 1.82) is 0 Å². The first kappa shape index (κ1) is 32.2. The molecular formula is C52H34N4. The summed E-state index contributed by atoms with van der Waals surface area (Å²) in [6, 6.07) is 57.9. The molecule has 4 nitrogen and oxygen atoms in total. The molecular weight excluding hydrogens is 681 g/mol. The second-order valence-electron chi connectivity index (χ2n) is 14.5. The minimum absolute atomic E-state index is 0.0248. The van der Waals surface area contributed by atoms with Gasteiger partial charge in [-0.2, -0.15) is 0 Å². The molecule has 0 fully saturated rings. The Labute approximate surface area is 324 Å². The van der Waals surface area contributed by atoms with Crippen molar-refractivity contribution in [3.8, 4) is 33.9 Å². The first-order valence-electron chi connectivity index (χ1n) is 19.1. The van der Waals surface area contributed by atoms with Crippen LogP contribution >= 0.6 is 0 Å². The molecule has 0 amide bonds. The van der Waals surface area contributed by atoms with Crippen molar-refractivity contribution in [3.05, 3.63) is 223 Å². The highest BCUT2D eigenvalue weighted by Gasteiger charge is 2.38. The molecule has 0 spiro atoms. The summed E-state index contributed by atoms with van der Waals surface area (Å²) in [5.74, 6) is 1.86. The van der Waals surface area contributed by atoms with Crippen molar-refractivity contribution in [2.75, 3.05) is 0 Å². The van der Waals surface area contributed by atoms with Crippen LogP contribution in [0.3, 0.4) is 0 Å². The van der Waals surface area contributed by atoms with Crippen molar-refractivity contribution in [2.45, 2.75) is 5.92 Å². The Morgan fingerprint density at radius 3 is 1.98 bits per heavy atom. The van der Waals surface area contributed by atoms with E-state index in [0.29, 0.717) is 11.6 Å². The van der Waals surface area contributed by atoms with E-state index in [1.807, 2.05) is 30.5 Å². The lowest BCUT2D eigenvalue weighted by Crippen LogP contribution is -2.25. The molecule has 2 atom stereocenters. The number of aromatic nitrogens is 4. The maximum atomic E-state index is 5.54. The predicted molar refractivity (Wildman–Crippen MR) is 229 cm³/mol. The standard InChI is InChI=1S/C52H34N4/c1-3-15-33(16-4-1)36-27-29-43-45(31-36)48(47-25-13-14-30-53-47)41-23-11-12-24-42(41)49(43)52-55-50(35-18-5-2-6-19-35)54-51(56-52)46-32-44-37-20-8-7-17-34(37)26-28-40(44)38-21-9-10-22-39(38)46/h1-32,42,49H.